The lowest BCUT2D eigenvalue weighted by Crippen LogP contribution is -2.38. The summed E-state index contributed by atoms with van der Waals surface area (Å²) >= 11 is 0. The molecule has 0 fully saturated rings. The standard InChI is InChI=1S/C46H54O11/c1-8-42(49)54-28-36(47)26-52-38-18-10-32(11-19-38)44(3,4)34-14-22-40(23-15-34)56-30-46(7,51)31-57-41-24-16-35(17-25-41)45(5,6)33-12-20-39(21-13-33)53-27-37(48)29-55-43(50)9-2/h8-25,36-37,47-48,51H,1-2,26-31H2,3-7H3. The second-order valence-corrected chi connectivity index (χ2v) is 15.0. The van der Waals surface area contributed by atoms with Gasteiger partial charge in [0.25, 0.3) is 0 Å². The van der Waals surface area contributed by atoms with E-state index in [-0.39, 0.29) is 50.5 Å². The zero-order valence-corrected chi connectivity index (χ0v) is 33.3. The van der Waals surface area contributed by atoms with Crippen LogP contribution in [0.3, 0.4) is 0 Å². The number of carbonyl (C=O) groups is 2. The van der Waals surface area contributed by atoms with Crippen LogP contribution in [-0.2, 0) is 29.9 Å². The minimum Gasteiger partial charge on any atom is -0.491 e. The van der Waals surface area contributed by atoms with Gasteiger partial charge in [0.1, 0.15) is 80.4 Å². The molecule has 2 unspecified atom stereocenters. The lowest BCUT2D eigenvalue weighted by molar-refractivity contribution is -0.142. The van der Waals surface area contributed by atoms with Gasteiger partial charge in [0, 0.05) is 23.0 Å². The molecule has 0 saturated heterocycles. The van der Waals surface area contributed by atoms with E-state index >= 15 is 0 Å². The van der Waals surface area contributed by atoms with Gasteiger partial charge in [0.05, 0.1) is 0 Å². The Morgan fingerprint density at radius 3 is 1.04 bits per heavy atom. The van der Waals surface area contributed by atoms with Crippen LogP contribution in [0.1, 0.15) is 56.9 Å². The average molecular weight is 783 g/mol. The van der Waals surface area contributed by atoms with Crippen molar-refractivity contribution in [3.63, 3.8) is 0 Å². The van der Waals surface area contributed by atoms with Gasteiger partial charge in [-0.05, 0) is 77.7 Å². The highest BCUT2D eigenvalue weighted by atomic mass is 16.6. The second-order valence-electron chi connectivity index (χ2n) is 15.0. The molecule has 4 aromatic rings. The number of hydrogen-bond acceptors (Lipinski definition) is 11. The van der Waals surface area contributed by atoms with E-state index in [1.165, 1.54) is 0 Å². The summed E-state index contributed by atoms with van der Waals surface area (Å²) in [4.78, 5) is 22.4. The Hall–Kier alpha value is -5.62. The summed E-state index contributed by atoms with van der Waals surface area (Å²) in [5.41, 5.74) is 2.31. The minimum atomic E-state index is -1.26. The van der Waals surface area contributed by atoms with Crippen LogP contribution in [0.15, 0.2) is 122 Å². The van der Waals surface area contributed by atoms with Crippen LogP contribution < -0.4 is 18.9 Å². The summed E-state index contributed by atoms with van der Waals surface area (Å²) in [5.74, 6) is 1.20. The molecular weight excluding hydrogens is 728 g/mol. The van der Waals surface area contributed by atoms with Crippen molar-refractivity contribution in [3.05, 3.63) is 145 Å². The molecule has 0 bridgehead atoms. The van der Waals surface area contributed by atoms with E-state index in [0.717, 1.165) is 34.4 Å². The van der Waals surface area contributed by atoms with Crippen LogP contribution in [0.2, 0.25) is 0 Å². The van der Waals surface area contributed by atoms with Crippen molar-refractivity contribution in [1.29, 1.82) is 0 Å². The zero-order valence-electron chi connectivity index (χ0n) is 33.3. The van der Waals surface area contributed by atoms with Crippen LogP contribution in [0, 0.1) is 0 Å². The molecular formula is C46H54O11. The fourth-order valence-electron chi connectivity index (χ4n) is 5.68. The van der Waals surface area contributed by atoms with Crippen molar-refractivity contribution in [2.24, 2.45) is 0 Å². The first kappa shape index (κ1) is 44.1. The quantitative estimate of drug-likeness (QED) is 0.0594. The lowest BCUT2D eigenvalue weighted by Gasteiger charge is -2.27. The normalized spacial score (nSPS) is 13.6. The Morgan fingerprint density at radius 2 is 0.772 bits per heavy atom. The van der Waals surface area contributed by atoms with Gasteiger partial charge in [-0.2, -0.15) is 0 Å². The van der Waals surface area contributed by atoms with Gasteiger partial charge >= 0.3 is 11.9 Å². The molecule has 4 aromatic carbocycles. The lowest BCUT2D eigenvalue weighted by atomic mass is 9.78. The number of benzene rings is 4. The highest BCUT2D eigenvalue weighted by Crippen LogP contribution is 2.35. The minimum absolute atomic E-state index is 0.0227. The van der Waals surface area contributed by atoms with Gasteiger partial charge in [0.2, 0.25) is 0 Å². The van der Waals surface area contributed by atoms with Crippen molar-refractivity contribution < 1.29 is 53.3 Å². The molecule has 0 aliphatic carbocycles. The van der Waals surface area contributed by atoms with E-state index < -0.39 is 29.7 Å². The average Bonchev–Trinajstić information content (AvgIpc) is 3.22. The number of aliphatic hydroxyl groups excluding tert-OH is 2. The third-order valence-electron chi connectivity index (χ3n) is 9.46. The first-order chi connectivity index (χ1) is 27.0. The summed E-state index contributed by atoms with van der Waals surface area (Å²) in [7, 11) is 0. The third kappa shape index (κ3) is 13.2. The van der Waals surface area contributed by atoms with Gasteiger partial charge in [-0.25, -0.2) is 9.59 Å². The maximum absolute atomic E-state index is 11.2. The number of carbonyl (C=O) groups excluding carboxylic acids is 2. The van der Waals surface area contributed by atoms with E-state index in [1.54, 1.807) is 6.92 Å². The largest absolute Gasteiger partial charge is 0.491 e. The van der Waals surface area contributed by atoms with E-state index in [9.17, 15) is 24.9 Å². The van der Waals surface area contributed by atoms with Crippen LogP contribution >= 0.6 is 0 Å². The number of ether oxygens (including phenoxy) is 6. The topological polar surface area (TPSA) is 150 Å². The van der Waals surface area contributed by atoms with Gasteiger partial charge in [-0.15, -0.1) is 0 Å². The van der Waals surface area contributed by atoms with Crippen LogP contribution in [0.4, 0.5) is 0 Å². The Labute approximate surface area is 335 Å². The van der Waals surface area contributed by atoms with Gasteiger partial charge in [-0.3, -0.25) is 0 Å². The summed E-state index contributed by atoms with van der Waals surface area (Å²) in [6.45, 7) is 16.4. The Kier molecular flexibility index (Phi) is 15.5. The molecule has 0 saturated carbocycles. The molecule has 0 radical (unpaired) electrons. The van der Waals surface area contributed by atoms with Crippen molar-refractivity contribution >= 4 is 11.9 Å². The molecule has 0 aromatic heterocycles. The zero-order chi connectivity index (χ0) is 41.6. The fraction of sp³-hybridized carbons (Fsp3) is 0.348. The maximum Gasteiger partial charge on any atom is 0.330 e. The van der Waals surface area contributed by atoms with Crippen LogP contribution in [0.5, 0.6) is 23.0 Å². The van der Waals surface area contributed by atoms with Crippen LogP contribution in [-0.4, -0.2) is 84.7 Å². The predicted octanol–water partition coefficient (Wildman–Crippen LogP) is 6.49. The molecule has 0 amide bonds. The first-order valence-corrected chi connectivity index (χ1v) is 18.6. The fourth-order valence-corrected chi connectivity index (χ4v) is 5.68. The van der Waals surface area contributed by atoms with Crippen LogP contribution in [0.25, 0.3) is 0 Å². The van der Waals surface area contributed by atoms with Crippen molar-refractivity contribution in [3.8, 4) is 23.0 Å². The predicted molar refractivity (Wildman–Crippen MR) is 217 cm³/mol. The van der Waals surface area contributed by atoms with Crippen molar-refractivity contribution in [2.45, 2.75) is 63.3 Å². The number of esters is 2. The summed E-state index contributed by atoms with van der Waals surface area (Å²) in [6, 6.07) is 30.7. The van der Waals surface area contributed by atoms with E-state index in [1.807, 2.05) is 97.1 Å². The number of hydrogen-bond donors (Lipinski definition) is 3. The highest BCUT2D eigenvalue weighted by molar-refractivity contribution is 5.81. The molecule has 0 aliphatic rings. The highest BCUT2D eigenvalue weighted by Gasteiger charge is 2.26. The Bertz CT molecular complexity index is 1760. The van der Waals surface area contributed by atoms with Gasteiger partial charge < -0.3 is 43.7 Å². The maximum atomic E-state index is 11.2. The molecule has 11 nitrogen and oxygen atoms in total. The molecule has 57 heavy (non-hydrogen) atoms. The molecule has 0 heterocycles. The molecule has 4 rings (SSSR count). The molecule has 11 heteroatoms. The second kappa shape index (κ2) is 20.0. The molecule has 0 aliphatic heterocycles. The summed E-state index contributed by atoms with van der Waals surface area (Å²) < 4.78 is 32.9. The SMILES string of the molecule is C=CC(=O)OCC(O)COc1ccc(C(C)(C)c2ccc(OCC(C)(O)COc3ccc(C(C)(C)c4ccc(OCC(O)COC(=O)C=C)cc4)cc3)cc2)cc1. The molecule has 304 valence electrons. The van der Waals surface area contributed by atoms with Crippen molar-refractivity contribution in [1.82, 2.24) is 0 Å². The Balaban J connectivity index is 1.23. The van der Waals surface area contributed by atoms with E-state index in [2.05, 4.69) is 40.9 Å². The molecule has 2 atom stereocenters. The van der Waals surface area contributed by atoms with E-state index in [4.69, 9.17) is 28.4 Å². The Morgan fingerprint density at radius 1 is 0.509 bits per heavy atom. The third-order valence-corrected chi connectivity index (χ3v) is 9.46. The van der Waals surface area contributed by atoms with Crippen molar-refractivity contribution in [2.75, 3.05) is 39.6 Å². The van der Waals surface area contributed by atoms with Gasteiger partial charge in [0.15, 0.2) is 0 Å². The van der Waals surface area contributed by atoms with E-state index in [0.29, 0.717) is 23.0 Å². The molecule has 0 spiro atoms. The summed E-state index contributed by atoms with van der Waals surface area (Å²) in [5, 5.41) is 31.0. The number of rotatable bonds is 22. The smallest absolute Gasteiger partial charge is 0.330 e. The van der Waals surface area contributed by atoms with Gasteiger partial charge in [-0.1, -0.05) is 89.4 Å². The molecule has 3 N–H and O–H groups in total. The first-order valence-electron chi connectivity index (χ1n) is 18.6. The number of aliphatic hydroxyl groups is 3. The summed E-state index contributed by atoms with van der Waals surface area (Å²) in [6.07, 6.45) is 0.157. The monoisotopic (exact) mass is 782 g/mol.